The zero-order valence-electron chi connectivity index (χ0n) is 15.1. The molecule has 3 rings (SSSR count). The fourth-order valence-corrected chi connectivity index (χ4v) is 2.76. The Morgan fingerprint density at radius 3 is 1.96 bits per heavy atom. The lowest BCUT2D eigenvalue weighted by Crippen LogP contribution is -2.23. The van der Waals surface area contributed by atoms with E-state index in [9.17, 15) is 4.79 Å². The maximum atomic E-state index is 13.0. The van der Waals surface area contributed by atoms with Crippen LogP contribution in [0.5, 0.6) is 0 Å². The Morgan fingerprint density at radius 2 is 1.44 bits per heavy atom. The van der Waals surface area contributed by atoms with Crippen LogP contribution in [0.2, 0.25) is 0 Å². The first-order valence-corrected chi connectivity index (χ1v) is 8.75. The average Bonchev–Trinajstić information content (AvgIpc) is 2.71. The largest absolute Gasteiger partial charge is 0.383 e. The number of carbonyl (C=O) groups is 1. The van der Waals surface area contributed by atoms with Crippen molar-refractivity contribution in [2.45, 2.75) is 5.92 Å². The number of amides is 1. The minimum Gasteiger partial charge on any atom is -0.383 e. The van der Waals surface area contributed by atoms with Crippen molar-refractivity contribution in [3.8, 4) is 0 Å². The number of hydrogen-bond donors (Lipinski definition) is 2. The molecule has 0 radical (unpaired) electrons. The molecule has 6 heteroatoms. The van der Waals surface area contributed by atoms with Crippen LogP contribution < -0.4 is 10.6 Å². The molecule has 0 aliphatic rings. The molecule has 1 heterocycles. The van der Waals surface area contributed by atoms with Crippen molar-refractivity contribution in [3.63, 3.8) is 0 Å². The molecule has 2 N–H and O–H groups in total. The molecule has 0 atom stereocenters. The van der Waals surface area contributed by atoms with Crippen molar-refractivity contribution in [3.05, 3.63) is 83.9 Å². The Hall–Kier alpha value is -3.25. The topological polar surface area (TPSA) is 76.1 Å². The van der Waals surface area contributed by atoms with E-state index < -0.39 is 5.92 Å². The van der Waals surface area contributed by atoms with Crippen LogP contribution in [0.1, 0.15) is 17.0 Å². The number of hydrogen-bond acceptors (Lipinski definition) is 5. The highest BCUT2D eigenvalue weighted by molar-refractivity contribution is 5.97. The number of methoxy groups -OCH3 is 1. The third kappa shape index (κ3) is 5.12. The smallest absolute Gasteiger partial charge is 0.237 e. The van der Waals surface area contributed by atoms with Crippen LogP contribution in [0.3, 0.4) is 0 Å². The molecular weight excluding hydrogens is 340 g/mol. The van der Waals surface area contributed by atoms with Crippen LogP contribution >= 0.6 is 0 Å². The van der Waals surface area contributed by atoms with E-state index in [1.165, 1.54) is 0 Å². The number of ether oxygens (including phenoxy) is 1. The fourth-order valence-electron chi connectivity index (χ4n) is 2.76. The van der Waals surface area contributed by atoms with Gasteiger partial charge in [-0.1, -0.05) is 60.7 Å². The molecule has 0 fully saturated rings. The second kappa shape index (κ2) is 9.45. The summed E-state index contributed by atoms with van der Waals surface area (Å²) in [4.78, 5) is 13.0. The van der Waals surface area contributed by atoms with Gasteiger partial charge >= 0.3 is 0 Å². The summed E-state index contributed by atoms with van der Waals surface area (Å²) < 4.78 is 4.98. The number of benzene rings is 2. The summed E-state index contributed by atoms with van der Waals surface area (Å²) in [7, 11) is 1.64. The minimum absolute atomic E-state index is 0.151. The van der Waals surface area contributed by atoms with Crippen LogP contribution in [0.25, 0.3) is 0 Å². The maximum Gasteiger partial charge on any atom is 0.237 e. The van der Waals surface area contributed by atoms with Gasteiger partial charge in [0.05, 0.1) is 12.5 Å². The van der Waals surface area contributed by atoms with E-state index in [0.29, 0.717) is 24.8 Å². The van der Waals surface area contributed by atoms with E-state index in [-0.39, 0.29) is 5.91 Å². The van der Waals surface area contributed by atoms with Gasteiger partial charge in [0.25, 0.3) is 0 Å². The molecular formula is C21H22N4O2. The van der Waals surface area contributed by atoms with Crippen molar-refractivity contribution < 1.29 is 9.53 Å². The number of nitrogens with one attached hydrogen (secondary N) is 2. The summed E-state index contributed by atoms with van der Waals surface area (Å²) in [6.07, 6.45) is 0. The van der Waals surface area contributed by atoms with Crippen LogP contribution in [0.4, 0.5) is 11.6 Å². The van der Waals surface area contributed by atoms with Gasteiger partial charge < -0.3 is 15.4 Å². The van der Waals surface area contributed by atoms with Crippen molar-refractivity contribution in [2.75, 3.05) is 30.9 Å². The molecule has 0 unspecified atom stereocenters. The molecule has 1 aromatic heterocycles. The molecule has 138 valence electrons. The number of rotatable bonds is 8. The van der Waals surface area contributed by atoms with Gasteiger partial charge in [-0.15, -0.1) is 10.2 Å². The second-order valence-corrected chi connectivity index (χ2v) is 5.97. The van der Waals surface area contributed by atoms with E-state index in [0.717, 1.165) is 11.1 Å². The van der Waals surface area contributed by atoms with Crippen molar-refractivity contribution in [2.24, 2.45) is 0 Å². The third-order valence-corrected chi connectivity index (χ3v) is 4.06. The van der Waals surface area contributed by atoms with Crippen molar-refractivity contribution >= 4 is 17.5 Å². The van der Waals surface area contributed by atoms with E-state index >= 15 is 0 Å². The van der Waals surface area contributed by atoms with Crippen LogP contribution in [0, 0.1) is 0 Å². The van der Waals surface area contributed by atoms with Crippen molar-refractivity contribution in [1.82, 2.24) is 10.2 Å². The summed E-state index contributed by atoms with van der Waals surface area (Å²) in [5, 5.41) is 14.1. The van der Waals surface area contributed by atoms with Gasteiger partial charge in [-0.3, -0.25) is 4.79 Å². The Morgan fingerprint density at radius 1 is 0.889 bits per heavy atom. The lowest BCUT2D eigenvalue weighted by Gasteiger charge is -2.17. The molecule has 2 aromatic carbocycles. The highest BCUT2D eigenvalue weighted by Gasteiger charge is 2.23. The molecule has 0 spiro atoms. The monoisotopic (exact) mass is 362 g/mol. The van der Waals surface area contributed by atoms with Crippen LogP contribution in [-0.4, -0.2) is 36.4 Å². The minimum atomic E-state index is -0.422. The standard InChI is InChI=1S/C21H22N4O2/c1-27-15-14-22-18-12-13-19(25-24-18)23-21(26)20(16-8-4-2-5-9-16)17-10-6-3-7-11-17/h2-13,20H,14-15H2,1H3,(H,22,24)(H,23,25,26). The fraction of sp³-hybridized carbons (Fsp3) is 0.190. The first-order chi connectivity index (χ1) is 13.3. The molecule has 0 saturated carbocycles. The van der Waals surface area contributed by atoms with Gasteiger partial charge in [0.2, 0.25) is 5.91 Å². The zero-order chi connectivity index (χ0) is 18.9. The van der Waals surface area contributed by atoms with Gasteiger partial charge in [0.15, 0.2) is 5.82 Å². The Labute approximate surface area is 158 Å². The maximum absolute atomic E-state index is 13.0. The summed E-state index contributed by atoms with van der Waals surface area (Å²) in [6.45, 7) is 1.22. The van der Waals surface area contributed by atoms with Crippen LogP contribution in [-0.2, 0) is 9.53 Å². The second-order valence-electron chi connectivity index (χ2n) is 5.97. The first-order valence-electron chi connectivity index (χ1n) is 8.75. The van der Waals surface area contributed by atoms with Gasteiger partial charge in [-0.25, -0.2) is 0 Å². The van der Waals surface area contributed by atoms with Gasteiger partial charge in [0, 0.05) is 13.7 Å². The molecule has 0 aliphatic heterocycles. The predicted octanol–water partition coefficient (Wildman–Crippen LogP) is 3.31. The Kier molecular flexibility index (Phi) is 6.49. The average molecular weight is 362 g/mol. The van der Waals surface area contributed by atoms with E-state index in [2.05, 4.69) is 20.8 Å². The lowest BCUT2D eigenvalue weighted by molar-refractivity contribution is -0.116. The quantitative estimate of drug-likeness (QED) is 0.601. The van der Waals surface area contributed by atoms with Crippen LogP contribution in [0.15, 0.2) is 72.8 Å². The highest BCUT2D eigenvalue weighted by Crippen LogP contribution is 2.26. The molecule has 0 saturated heterocycles. The number of anilines is 2. The van der Waals surface area contributed by atoms with Gasteiger partial charge in [-0.2, -0.15) is 0 Å². The van der Waals surface area contributed by atoms with Gasteiger partial charge in [0.1, 0.15) is 5.82 Å². The van der Waals surface area contributed by atoms with Crippen molar-refractivity contribution in [1.29, 1.82) is 0 Å². The Balaban J connectivity index is 1.75. The number of carbonyl (C=O) groups excluding carboxylic acids is 1. The lowest BCUT2D eigenvalue weighted by atomic mass is 9.90. The molecule has 1 amide bonds. The van der Waals surface area contributed by atoms with Gasteiger partial charge in [-0.05, 0) is 23.3 Å². The third-order valence-electron chi connectivity index (χ3n) is 4.06. The normalized spacial score (nSPS) is 10.6. The predicted molar refractivity (Wildman–Crippen MR) is 106 cm³/mol. The molecule has 0 bridgehead atoms. The molecule has 0 aliphatic carbocycles. The molecule has 3 aromatic rings. The highest BCUT2D eigenvalue weighted by atomic mass is 16.5. The van der Waals surface area contributed by atoms with E-state index in [1.54, 1.807) is 19.2 Å². The zero-order valence-corrected chi connectivity index (χ0v) is 15.1. The molecule has 6 nitrogen and oxygen atoms in total. The number of nitrogens with zero attached hydrogens (tertiary/aromatic N) is 2. The molecule has 27 heavy (non-hydrogen) atoms. The van der Waals surface area contributed by atoms with E-state index in [4.69, 9.17) is 4.74 Å². The summed E-state index contributed by atoms with van der Waals surface area (Å²) in [5.41, 5.74) is 1.85. The number of aromatic nitrogens is 2. The van der Waals surface area contributed by atoms with E-state index in [1.807, 2.05) is 60.7 Å². The first kappa shape index (κ1) is 18.5. The summed E-state index contributed by atoms with van der Waals surface area (Å²) >= 11 is 0. The SMILES string of the molecule is COCCNc1ccc(NC(=O)C(c2ccccc2)c2ccccc2)nn1. The summed E-state index contributed by atoms with van der Waals surface area (Å²) in [5.74, 6) is 0.470. The summed E-state index contributed by atoms with van der Waals surface area (Å²) in [6, 6.07) is 22.9. The Bertz CT molecular complexity index is 800.